The van der Waals surface area contributed by atoms with E-state index < -0.39 is 0 Å². The maximum absolute atomic E-state index is 4.99. The van der Waals surface area contributed by atoms with Gasteiger partial charge < -0.3 is 4.74 Å². The predicted molar refractivity (Wildman–Crippen MR) is 37.7 cm³/mol. The first-order valence-electron chi connectivity index (χ1n) is 3.48. The van der Waals surface area contributed by atoms with Crippen LogP contribution in [-0.4, -0.2) is 19.0 Å². The quantitative estimate of drug-likeness (QED) is 0.550. The van der Waals surface area contributed by atoms with Crippen molar-refractivity contribution in [1.82, 2.24) is 0 Å². The fourth-order valence-electron chi connectivity index (χ4n) is 0.889. The molecular weight excluding hydrogens is 114 g/mol. The number of hydrogen-bond acceptors (Lipinski definition) is 2. The average molecular weight is 127 g/mol. The van der Waals surface area contributed by atoms with Gasteiger partial charge in [-0.2, -0.15) is 0 Å². The maximum Gasteiger partial charge on any atom is 0.169 e. The lowest BCUT2D eigenvalue weighted by Gasteiger charge is -2.11. The van der Waals surface area contributed by atoms with Crippen molar-refractivity contribution in [2.75, 3.05) is 6.61 Å². The van der Waals surface area contributed by atoms with E-state index in [1.54, 1.807) is 6.40 Å². The van der Waals surface area contributed by atoms with Gasteiger partial charge in [0.15, 0.2) is 6.40 Å². The summed E-state index contributed by atoms with van der Waals surface area (Å²) in [5, 5.41) is 0. The minimum absolute atomic E-state index is 0.426. The molecule has 0 aromatic rings. The summed E-state index contributed by atoms with van der Waals surface area (Å²) in [4.78, 5) is 4.16. The third-order valence-electron chi connectivity index (χ3n) is 1.89. The van der Waals surface area contributed by atoms with Crippen LogP contribution in [0.1, 0.15) is 20.3 Å². The number of nitrogens with zero attached hydrogens (tertiary/aromatic N) is 1. The monoisotopic (exact) mass is 127 g/mol. The van der Waals surface area contributed by atoms with Crippen LogP contribution in [0.4, 0.5) is 0 Å². The van der Waals surface area contributed by atoms with Gasteiger partial charge in [0.05, 0.1) is 6.04 Å². The summed E-state index contributed by atoms with van der Waals surface area (Å²) in [7, 11) is 0. The second-order valence-electron chi connectivity index (χ2n) is 2.54. The summed E-state index contributed by atoms with van der Waals surface area (Å²) >= 11 is 0. The van der Waals surface area contributed by atoms with Crippen LogP contribution < -0.4 is 0 Å². The van der Waals surface area contributed by atoms with Gasteiger partial charge in [0.2, 0.25) is 0 Å². The van der Waals surface area contributed by atoms with Crippen LogP contribution in [0.3, 0.4) is 0 Å². The molecule has 0 N–H and O–H groups in total. The average Bonchev–Trinajstić information content (AvgIpc) is 2.37. The highest BCUT2D eigenvalue weighted by Crippen LogP contribution is 2.13. The van der Waals surface area contributed by atoms with Gasteiger partial charge in [-0.3, -0.25) is 4.99 Å². The first kappa shape index (κ1) is 6.59. The van der Waals surface area contributed by atoms with E-state index in [0.717, 1.165) is 6.61 Å². The minimum Gasteiger partial charge on any atom is -0.481 e. The van der Waals surface area contributed by atoms with Crippen molar-refractivity contribution in [3.63, 3.8) is 0 Å². The SMILES string of the molecule is CCC(C)[C@H]1COC=N1. The Morgan fingerprint density at radius 1 is 1.89 bits per heavy atom. The molecule has 1 rings (SSSR count). The molecule has 1 heterocycles. The van der Waals surface area contributed by atoms with Crippen molar-refractivity contribution >= 4 is 6.40 Å². The van der Waals surface area contributed by atoms with Gasteiger partial charge in [0.25, 0.3) is 0 Å². The Balaban J connectivity index is 2.33. The highest BCUT2D eigenvalue weighted by atomic mass is 16.5. The van der Waals surface area contributed by atoms with Crippen molar-refractivity contribution in [3.05, 3.63) is 0 Å². The molecule has 0 saturated carbocycles. The second-order valence-corrected chi connectivity index (χ2v) is 2.54. The van der Waals surface area contributed by atoms with Gasteiger partial charge in [-0.25, -0.2) is 0 Å². The molecule has 0 saturated heterocycles. The van der Waals surface area contributed by atoms with Crippen LogP contribution in [0.2, 0.25) is 0 Å². The molecule has 1 aliphatic heterocycles. The van der Waals surface area contributed by atoms with Gasteiger partial charge in [-0.05, 0) is 5.92 Å². The Morgan fingerprint density at radius 2 is 2.67 bits per heavy atom. The smallest absolute Gasteiger partial charge is 0.169 e. The maximum atomic E-state index is 4.99. The Kier molecular flexibility index (Phi) is 2.09. The zero-order chi connectivity index (χ0) is 6.69. The zero-order valence-electron chi connectivity index (χ0n) is 6.00. The standard InChI is InChI=1S/C7H13NO/c1-3-6(2)7-4-9-5-8-7/h5-7H,3-4H2,1-2H3/t6?,7-/m1/s1. The number of aliphatic imine (C=N–C) groups is 1. The predicted octanol–water partition coefficient (Wildman–Crippen LogP) is 1.46. The van der Waals surface area contributed by atoms with Crippen LogP contribution in [0.15, 0.2) is 4.99 Å². The molecule has 0 amide bonds. The van der Waals surface area contributed by atoms with Gasteiger partial charge in [-0.15, -0.1) is 0 Å². The van der Waals surface area contributed by atoms with Gasteiger partial charge in [0.1, 0.15) is 6.61 Å². The second kappa shape index (κ2) is 2.85. The van der Waals surface area contributed by atoms with Crippen molar-refractivity contribution < 1.29 is 4.74 Å². The molecule has 0 radical (unpaired) electrons. The highest BCUT2D eigenvalue weighted by molar-refractivity contribution is 5.48. The van der Waals surface area contributed by atoms with Crippen LogP contribution >= 0.6 is 0 Å². The lowest BCUT2D eigenvalue weighted by Crippen LogP contribution is -2.15. The number of ether oxygens (including phenoxy) is 1. The lowest BCUT2D eigenvalue weighted by molar-refractivity contribution is 0.289. The molecule has 0 spiro atoms. The van der Waals surface area contributed by atoms with Crippen molar-refractivity contribution in [3.8, 4) is 0 Å². The third kappa shape index (κ3) is 1.44. The van der Waals surface area contributed by atoms with E-state index in [9.17, 15) is 0 Å². The highest BCUT2D eigenvalue weighted by Gasteiger charge is 2.17. The molecular formula is C7H13NO. The summed E-state index contributed by atoms with van der Waals surface area (Å²) in [6, 6.07) is 0.426. The van der Waals surface area contributed by atoms with Crippen molar-refractivity contribution in [2.45, 2.75) is 26.3 Å². The van der Waals surface area contributed by atoms with Crippen LogP contribution in [-0.2, 0) is 4.74 Å². The van der Waals surface area contributed by atoms with E-state index in [1.807, 2.05) is 0 Å². The molecule has 0 aromatic heterocycles. The van der Waals surface area contributed by atoms with Crippen LogP contribution in [0.5, 0.6) is 0 Å². The van der Waals surface area contributed by atoms with E-state index in [2.05, 4.69) is 18.8 Å². The van der Waals surface area contributed by atoms with Crippen molar-refractivity contribution in [1.29, 1.82) is 0 Å². The molecule has 9 heavy (non-hydrogen) atoms. The summed E-state index contributed by atoms with van der Waals surface area (Å²) in [6.45, 7) is 5.17. The molecule has 2 heteroatoms. The normalized spacial score (nSPS) is 28.0. The molecule has 0 aliphatic carbocycles. The van der Waals surface area contributed by atoms with Crippen molar-refractivity contribution in [2.24, 2.45) is 10.9 Å². The summed E-state index contributed by atoms with van der Waals surface area (Å²) in [6.07, 6.45) is 2.75. The van der Waals surface area contributed by atoms with Gasteiger partial charge >= 0.3 is 0 Å². The first-order chi connectivity index (χ1) is 4.34. The molecule has 2 atom stereocenters. The Morgan fingerprint density at radius 3 is 3.11 bits per heavy atom. The fraction of sp³-hybridized carbons (Fsp3) is 0.857. The van der Waals surface area contributed by atoms with E-state index in [1.165, 1.54) is 6.42 Å². The molecule has 52 valence electrons. The zero-order valence-corrected chi connectivity index (χ0v) is 6.00. The summed E-state index contributed by atoms with van der Waals surface area (Å²) < 4.78 is 4.99. The lowest BCUT2D eigenvalue weighted by atomic mass is 10.0. The Labute approximate surface area is 55.9 Å². The number of hydrogen-bond donors (Lipinski definition) is 0. The minimum atomic E-state index is 0.426. The molecule has 0 bridgehead atoms. The molecule has 0 aromatic carbocycles. The fourth-order valence-corrected chi connectivity index (χ4v) is 0.889. The first-order valence-corrected chi connectivity index (χ1v) is 3.48. The number of rotatable bonds is 2. The van der Waals surface area contributed by atoms with Gasteiger partial charge in [-0.1, -0.05) is 20.3 Å². The topological polar surface area (TPSA) is 21.6 Å². The van der Waals surface area contributed by atoms with Crippen LogP contribution in [0, 0.1) is 5.92 Å². The van der Waals surface area contributed by atoms with Crippen LogP contribution in [0.25, 0.3) is 0 Å². The summed E-state index contributed by atoms with van der Waals surface area (Å²) in [5.74, 6) is 0.670. The Bertz CT molecular complexity index is 111. The van der Waals surface area contributed by atoms with E-state index in [-0.39, 0.29) is 0 Å². The van der Waals surface area contributed by atoms with E-state index >= 15 is 0 Å². The van der Waals surface area contributed by atoms with Gasteiger partial charge in [0, 0.05) is 0 Å². The summed E-state index contributed by atoms with van der Waals surface area (Å²) in [5.41, 5.74) is 0. The molecule has 2 nitrogen and oxygen atoms in total. The van der Waals surface area contributed by atoms with E-state index in [4.69, 9.17) is 4.74 Å². The Hall–Kier alpha value is -0.530. The molecule has 1 unspecified atom stereocenters. The largest absolute Gasteiger partial charge is 0.481 e. The third-order valence-corrected chi connectivity index (χ3v) is 1.89. The molecule has 0 fully saturated rings. The molecule has 1 aliphatic rings. The van der Waals surface area contributed by atoms with E-state index in [0.29, 0.717) is 12.0 Å².